The van der Waals surface area contributed by atoms with Gasteiger partial charge in [-0.1, -0.05) is 52.0 Å². The molecular formula is C30H44N4O5S. The largest absolute Gasteiger partial charge is 0.391 e. The summed E-state index contributed by atoms with van der Waals surface area (Å²) in [5, 5.41) is 16.2. The number of aliphatic hydroxyl groups is 1. The molecule has 40 heavy (non-hydrogen) atoms. The number of aromatic nitrogens is 1. The first-order valence-electron chi connectivity index (χ1n) is 13.9. The summed E-state index contributed by atoms with van der Waals surface area (Å²) in [6.45, 7) is 14.1. The van der Waals surface area contributed by atoms with Crippen molar-refractivity contribution < 1.29 is 24.2 Å². The van der Waals surface area contributed by atoms with Gasteiger partial charge in [-0.05, 0) is 43.7 Å². The number of aliphatic hydroxyl groups excluding tert-OH is 1. The first kappa shape index (κ1) is 31.7. The lowest BCUT2D eigenvalue weighted by Gasteiger charge is -2.36. The molecule has 0 saturated carbocycles. The van der Waals surface area contributed by atoms with E-state index in [9.17, 15) is 19.5 Å². The highest BCUT2D eigenvalue weighted by atomic mass is 32.1. The molecule has 1 aromatic heterocycles. The van der Waals surface area contributed by atoms with Gasteiger partial charge in [0.05, 0.1) is 34.2 Å². The molecule has 220 valence electrons. The summed E-state index contributed by atoms with van der Waals surface area (Å²) in [5.41, 5.74) is 3.50. The molecule has 1 aromatic carbocycles. The van der Waals surface area contributed by atoms with Gasteiger partial charge >= 0.3 is 0 Å². The molecule has 0 radical (unpaired) electrons. The number of likely N-dealkylation sites (tertiary alicyclic amines) is 1. The van der Waals surface area contributed by atoms with Crippen molar-refractivity contribution in [3.8, 4) is 10.4 Å². The number of nitrogens with zero attached hydrogens (tertiary/aromatic N) is 2. The highest BCUT2D eigenvalue weighted by Gasteiger charge is 2.44. The molecule has 3 rings (SSSR count). The molecule has 1 aliphatic rings. The number of benzene rings is 1. The second kappa shape index (κ2) is 13.2. The van der Waals surface area contributed by atoms with Crippen LogP contribution in [-0.2, 0) is 25.7 Å². The fourth-order valence-corrected chi connectivity index (χ4v) is 5.62. The molecule has 0 bridgehead atoms. The van der Waals surface area contributed by atoms with Crippen LogP contribution in [0.1, 0.15) is 72.1 Å². The zero-order chi connectivity index (χ0) is 29.7. The van der Waals surface area contributed by atoms with E-state index in [1.165, 1.54) is 4.90 Å². The van der Waals surface area contributed by atoms with Crippen molar-refractivity contribution >= 4 is 29.1 Å². The number of hydrogen-bond donors (Lipinski definition) is 3. The van der Waals surface area contributed by atoms with E-state index in [2.05, 4.69) is 15.6 Å². The molecule has 0 aliphatic carbocycles. The number of β-amino-alcohol motifs (C(OH)–C–C–N with tert-alkyl or cyclic N) is 1. The third-order valence-corrected chi connectivity index (χ3v) is 7.97. The van der Waals surface area contributed by atoms with Gasteiger partial charge in [0.1, 0.15) is 12.1 Å². The number of thiazole rings is 1. The molecule has 1 fully saturated rings. The minimum absolute atomic E-state index is 0.0351. The maximum absolute atomic E-state index is 13.8. The summed E-state index contributed by atoms with van der Waals surface area (Å²) < 4.78 is 5.79. The van der Waals surface area contributed by atoms with Crippen molar-refractivity contribution in [1.82, 2.24) is 20.5 Å². The Kier molecular flexibility index (Phi) is 10.5. The Labute approximate surface area is 241 Å². The highest BCUT2D eigenvalue weighted by Crippen LogP contribution is 2.28. The summed E-state index contributed by atoms with van der Waals surface area (Å²) in [6.07, 6.45) is 0.261. The number of rotatable bonds is 11. The van der Waals surface area contributed by atoms with Crippen LogP contribution in [0.3, 0.4) is 0 Å². The average molecular weight is 573 g/mol. The van der Waals surface area contributed by atoms with Crippen LogP contribution in [0.2, 0.25) is 0 Å². The molecule has 2 aromatic rings. The Morgan fingerprint density at radius 2 is 1.85 bits per heavy atom. The van der Waals surface area contributed by atoms with Crippen molar-refractivity contribution in [2.45, 2.75) is 98.1 Å². The number of ether oxygens (including phenoxy) is 1. The van der Waals surface area contributed by atoms with Crippen molar-refractivity contribution in [3.05, 3.63) is 41.0 Å². The summed E-state index contributed by atoms with van der Waals surface area (Å²) in [6, 6.07) is 6.22. The molecule has 2 heterocycles. The zero-order valence-corrected chi connectivity index (χ0v) is 25.6. The first-order chi connectivity index (χ1) is 18.7. The number of carbonyl (C=O) groups excluding carboxylic acids is 3. The van der Waals surface area contributed by atoms with Crippen molar-refractivity contribution in [2.75, 3.05) is 13.2 Å². The molecule has 10 heteroatoms. The second-order valence-electron chi connectivity index (χ2n) is 12.2. The van der Waals surface area contributed by atoms with E-state index in [0.717, 1.165) is 28.1 Å². The zero-order valence-electron chi connectivity index (χ0n) is 24.7. The molecule has 9 nitrogen and oxygen atoms in total. The topological polar surface area (TPSA) is 121 Å². The molecule has 1 aliphatic heterocycles. The number of aryl methyl sites for hydroxylation is 1. The number of nitrogens with one attached hydrogen (secondary N) is 2. The van der Waals surface area contributed by atoms with Gasteiger partial charge in [0, 0.05) is 26.1 Å². The lowest BCUT2D eigenvalue weighted by atomic mass is 9.85. The normalized spacial score (nSPS) is 18.4. The van der Waals surface area contributed by atoms with Gasteiger partial charge < -0.3 is 25.4 Å². The van der Waals surface area contributed by atoms with Crippen LogP contribution in [0.15, 0.2) is 29.8 Å². The number of hydrogen-bond acceptors (Lipinski definition) is 7. The van der Waals surface area contributed by atoms with E-state index in [1.54, 1.807) is 11.3 Å². The fraction of sp³-hybridized carbons (Fsp3) is 0.600. The Balaban J connectivity index is 1.66. The first-order valence-corrected chi connectivity index (χ1v) is 14.8. The molecule has 0 spiro atoms. The van der Waals surface area contributed by atoms with Crippen LogP contribution < -0.4 is 10.6 Å². The van der Waals surface area contributed by atoms with E-state index in [0.29, 0.717) is 13.2 Å². The van der Waals surface area contributed by atoms with E-state index in [-0.39, 0.29) is 37.1 Å². The molecular weight excluding hydrogens is 528 g/mol. The molecule has 1 saturated heterocycles. The molecule has 3 N–H and O–H groups in total. The number of amides is 3. The predicted molar refractivity (Wildman–Crippen MR) is 157 cm³/mol. The summed E-state index contributed by atoms with van der Waals surface area (Å²) >= 11 is 1.59. The SMILES string of the molecule is CCCOC(C)(C)CC(=O)NC(C(=O)N1C[C@H](O)C[C@H]1C(=O)NCc1ccc(-c2scnc2C)cc1)C(C)(C)C. The van der Waals surface area contributed by atoms with Crippen molar-refractivity contribution in [1.29, 1.82) is 0 Å². The lowest BCUT2D eigenvalue weighted by Crippen LogP contribution is -2.58. The van der Waals surface area contributed by atoms with Crippen molar-refractivity contribution in [3.63, 3.8) is 0 Å². The smallest absolute Gasteiger partial charge is 0.246 e. The van der Waals surface area contributed by atoms with Crippen LogP contribution >= 0.6 is 11.3 Å². The van der Waals surface area contributed by atoms with Gasteiger partial charge in [-0.2, -0.15) is 0 Å². The van der Waals surface area contributed by atoms with E-state index in [4.69, 9.17) is 4.74 Å². The maximum atomic E-state index is 13.8. The van der Waals surface area contributed by atoms with Crippen LogP contribution in [-0.4, -0.2) is 69.7 Å². The summed E-state index contributed by atoms with van der Waals surface area (Å²) in [7, 11) is 0. The molecule has 3 atom stereocenters. The van der Waals surface area contributed by atoms with Gasteiger partial charge in [0.2, 0.25) is 17.7 Å². The average Bonchev–Trinajstić information content (AvgIpc) is 3.49. The molecule has 1 unspecified atom stereocenters. The van der Waals surface area contributed by atoms with Gasteiger partial charge in [0.25, 0.3) is 0 Å². The fourth-order valence-electron chi connectivity index (χ4n) is 4.81. The Morgan fingerprint density at radius 1 is 1.18 bits per heavy atom. The van der Waals surface area contributed by atoms with Crippen molar-refractivity contribution in [2.24, 2.45) is 5.41 Å². The molecule has 3 amide bonds. The van der Waals surface area contributed by atoms with Gasteiger partial charge in [-0.15, -0.1) is 11.3 Å². The summed E-state index contributed by atoms with van der Waals surface area (Å²) in [5.74, 6) is -1.01. The third kappa shape index (κ3) is 8.34. The van der Waals surface area contributed by atoms with Crippen LogP contribution in [0.4, 0.5) is 0 Å². The second-order valence-corrected chi connectivity index (χ2v) is 13.1. The minimum atomic E-state index is -0.870. The van der Waals surface area contributed by atoms with Crippen LogP contribution in [0.5, 0.6) is 0 Å². The third-order valence-electron chi connectivity index (χ3n) is 6.99. The number of carbonyl (C=O) groups is 3. The van der Waals surface area contributed by atoms with Gasteiger partial charge in [-0.25, -0.2) is 4.98 Å². The predicted octanol–water partition coefficient (Wildman–Crippen LogP) is 3.82. The van der Waals surface area contributed by atoms with E-state index in [1.807, 2.05) is 78.2 Å². The minimum Gasteiger partial charge on any atom is -0.391 e. The lowest BCUT2D eigenvalue weighted by molar-refractivity contribution is -0.145. The van der Waals surface area contributed by atoms with E-state index >= 15 is 0 Å². The van der Waals surface area contributed by atoms with Gasteiger partial charge in [-0.3, -0.25) is 14.4 Å². The van der Waals surface area contributed by atoms with Gasteiger partial charge in [0.15, 0.2) is 0 Å². The Morgan fingerprint density at radius 3 is 2.42 bits per heavy atom. The Bertz CT molecular complexity index is 1170. The monoisotopic (exact) mass is 572 g/mol. The summed E-state index contributed by atoms with van der Waals surface area (Å²) in [4.78, 5) is 46.8. The standard InChI is InChI=1S/C30H44N4O5S/c1-8-13-39-30(6,7)15-24(36)33-26(29(3,4)5)28(38)34-17-22(35)14-23(34)27(37)31-16-20-9-11-21(12-10-20)25-19(2)32-18-40-25/h9-12,18,22-23,26,35H,8,13-17H2,1-7H3,(H,31,37)(H,33,36)/t22-,23+,26?/m1/s1. The van der Waals surface area contributed by atoms with Crippen LogP contribution in [0, 0.1) is 12.3 Å². The maximum Gasteiger partial charge on any atom is 0.246 e. The van der Waals surface area contributed by atoms with E-state index < -0.39 is 29.2 Å². The van der Waals surface area contributed by atoms with Crippen LogP contribution in [0.25, 0.3) is 10.4 Å². The quantitative estimate of drug-likeness (QED) is 0.377. The highest BCUT2D eigenvalue weighted by molar-refractivity contribution is 7.13. The Hall–Kier alpha value is -2.82.